The third kappa shape index (κ3) is 4.58. The van der Waals surface area contributed by atoms with Gasteiger partial charge in [-0.25, -0.2) is 14.4 Å². The Morgan fingerprint density at radius 3 is 2.62 bits per heavy atom. The van der Waals surface area contributed by atoms with E-state index in [1.165, 1.54) is 12.1 Å². The van der Waals surface area contributed by atoms with Gasteiger partial charge in [-0.05, 0) is 49.6 Å². The molecule has 0 radical (unpaired) electrons. The van der Waals surface area contributed by atoms with Crippen LogP contribution in [0.5, 0.6) is 0 Å². The molecule has 1 N–H and O–H groups in total. The number of nitrogens with one attached hydrogen (secondary N) is 1. The molecule has 0 aliphatic carbocycles. The zero-order valence-electron chi connectivity index (χ0n) is 12.2. The van der Waals surface area contributed by atoms with Gasteiger partial charge >= 0.3 is 0 Å². The van der Waals surface area contributed by atoms with Crippen LogP contribution >= 0.6 is 15.9 Å². The van der Waals surface area contributed by atoms with E-state index in [0.717, 1.165) is 34.4 Å². The topological polar surface area (TPSA) is 37.8 Å². The molecule has 21 heavy (non-hydrogen) atoms. The maximum atomic E-state index is 13.2. The van der Waals surface area contributed by atoms with Crippen molar-refractivity contribution in [3.8, 4) is 0 Å². The molecule has 1 atom stereocenters. The Morgan fingerprint density at radius 1 is 1.29 bits per heavy atom. The molecule has 0 saturated heterocycles. The summed E-state index contributed by atoms with van der Waals surface area (Å²) in [5, 5.41) is 3.46. The van der Waals surface area contributed by atoms with Crippen LogP contribution in [0.25, 0.3) is 0 Å². The lowest BCUT2D eigenvalue weighted by atomic mass is 10.0. The van der Waals surface area contributed by atoms with Crippen LogP contribution in [0.1, 0.15) is 36.3 Å². The van der Waals surface area contributed by atoms with Gasteiger partial charge in [0, 0.05) is 16.9 Å². The number of nitrogens with zero attached hydrogens (tertiary/aromatic N) is 2. The smallest absolute Gasteiger partial charge is 0.145 e. The first-order valence-electron chi connectivity index (χ1n) is 7.06. The standard InChI is InChI=1S/C16H19BrFN3/c1-3-6-19-15(16-20-9-11(2)10-21-16)7-12-4-5-13(18)8-14(12)17/h4-5,8-10,15,19H,3,6-7H2,1-2H3. The highest BCUT2D eigenvalue weighted by molar-refractivity contribution is 9.10. The van der Waals surface area contributed by atoms with Gasteiger partial charge in [0.2, 0.25) is 0 Å². The van der Waals surface area contributed by atoms with E-state index in [1.807, 2.05) is 19.3 Å². The monoisotopic (exact) mass is 351 g/mol. The average molecular weight is 352 g/mol. The van der Waals surface area contributed by atoms with E-state index in [0.29, 0.717) is 6.42 Å². The van der Waals surface area contributed by atoms with Gasteiger partial charge in [0.15, 0.2) is 0 Å². The molecule has 1 heterocycles. The lowest BCUT2D eigenvalue weighted by Crippen LogP contribution is -2.26. The van der Waals surface area contributed by atoms with Crippen molar-refractivity contribution >= 4 is 15.9 Å². The van der Waals surface area contributed by atoms with E-state index in [4.69, 9.17) is 0 Å². The van der Waals surface area contributed by atoms with Crippen LogP contribution in [-0.2, 0) is 6.42 Å². The molecule has 2 rings (SSSR count). The van der Waals surface area contributed by atoms with Crippen LogP contribution in [0.4, 0.5) is 4.39 Å². The number of benzene rings is 1. The molecule has 0 spiro atoms. The molecule has 1 aromatic heterocycles. The highest BCUT2D eigenvalue weighted by atomic mass is 79.9. The van der Waals surface area contributed by atoms with Crippen molar-refractivity contribution in [1.29, 1.82) is 0 Å². The number of hydrogen-bond donors (Lipinski definition) is 1. The largest absolute Gasteiger partial charge is 0.307 e. The quantitative estimate of drug-likeness (QED) is 0.855. The van der Waals surface area contributed by atoms with Crippen molar-refractivity contribution in [2.75, 3.05) is 6.54 Å². The molecule has 0 bridgehead atoms. The Balaban J connectivity index is 2.21. The molecule has 0 aliphatic heterocycles. The second-order valence-electron chi connectivity index (χ2n) is 5.07. The van der Waals surface area contributed by atoms with Crippen molar-refractivity contribution in [2.45, 2.75) is 32.7 Å². The number of hydrogen-bond acceptors (Lipinski definition) is 3. The van der Waals surface area contributed by atoms with E-state index in [9.17, 15) is 4.39 Å². The number of aromatic nitrogens is 2. The Morgan fingerprint density at radius 2 is 2.00 bits per heavy atom. The van der Waals surface area contributed by atoms with Crippen LogP contribution in [0.3, 0.4) is 0 Å². The second kappa shape index (κ2) is 7.61. The Bertz CT molecular complexity index is 587. The van der Waals surface area contributed by atoms with E-state index in [2.05, 4.69) is 38.1 Å². The summed E-state index contributed by atoms with van der Waals surface area (Å²) < 4.78 is 14.0. The third-order valence-electron chi connectivity index (χ3n) is 3.19. The lowest BCUT2D eigenvalue weighted by Gasteiger charge is -2.18. The zero-order chi connectivity index (χ0) is 15.2. The van der Waals surface area contributed by atoms with Crippen molar-refractivity contribution in [3.63, 3.8) is 0 Å². The summed E-state index contributed by atoms with van der Waals surface area (Å²) in [7, 11) is 0. The molecule has 0 fully saturated rings. The Kier molecular flexibility index (Phi) is 5.82. The first kappa shape index (κ1) is 16.0. The summed E-state index contributed by atoms with van der Waals surface area (Å²) in [5.41, 5.74) is 2.07. The van der Waals surface area contributed by atoms with E-state index in [-0.39, 0.29) is 11.9 Å². The predicted molar refractivity (Wildman–Crippen MR) is 85.6 cm³/mol. The van der Waals surface area contributed by atoms with Crippen molar-refractivity contribution in [3.05, 3.63) is 57.8 Å². The normalized spacial score (nSPS) is 12.4. The summed E-state index contributed by atoms with van der Waals surface area (Å²) in [6.45, 7) is 4.98. The van der Waals surface area contributed by atoms with Gasteiger partial charge in [-0.3, -0.25) is 0 Å². The van der Waals surface area contributed by atoms with Gasteiger partial charge in [0.25, 0.3) is 0 Å². The first-order chi connectivity index (χ1) is 10.1. The zero-order valence-corrected chi connectivity index (χ0v) is 13.8. The van der Waals surface area contributed by atoms with E-state index < -0.39 is 0 Å². The fourth-order valence-electron chi connectivity index (χ4n) is 2.06. The van der Waals surface area contributed by atoms with Gasteiger partial charge in [0.05, 0.1) is 6.04 Å². The van der Waals surface area contributed by atoms with Gasteiger partial charge in [-0.15, -0.1) is 0 Å². The van der Waals surface area contributed by atoms with Crippen molar-refractivity contribution < 1.29 is 4.39 Å². The second-order valence-corrected chi connectivity index (χ2v) is 5.92. The fraction of sp³-hybridized carbons (Fsp3) is 0.375. The van der Waals surface area contributed by atoms with Crippen LogP contribution in [0.15, 0.2) is 35.1 Å². The molecule has 5 heteroatoms. The van der Waals surface area contributed by atoms with Gasteiger partial charge < -0.3 is 5.32 Å². The summed E-state index contributed by atoms with van der Waals surface area (Å²) in [6, 6.07) is 4.79. The fourth-order valence-corrected chi connectivity index (χ4v) is 2.58. The molecule has 0 saturated carbocycles. The van der Waals surface area contributed by atoms with Gasteiger partial charge in [-0.1, -0.05) is 28.9 Å². The van der Waals surface area contributed by atoms with Crippen LogP contribution < -0.4 is 5.32 Å². The van der Waals surface area contributed by atoms with Crippen LogP contribution in [0, 0.1) is 12.7 Å². The minimum atomic E-state index is -0.240. The van der Waals surface area contributed by atoms with Crippen molar-refractivity contribution in [2.24, 2.45) is 0 Å². The number of rotatable bonds is 6. The summed E-state index contributed by atoms with van der Waals surface area (Å²) in [5.74, 6) is 0.528. The molecule has 1 aromatic carbocycles. The Hall–Kier alpha value is -1.33. The first-order valence-corrected chi connectivity index (χ1v) is 7.85. The molecule has 1 unspecified atom stereocenters. The van der Waals surface area contributed by atoms with Crippen molar-refractivity contribution in [1.82, 2.24) is 15.3 Å². The molecule has 0 amide bonds. The van der Waals surface area contributed by atoms with E-state index in [1.54, 1.807) is 6.07 Å². The Labute approximate surface area is 133 Å². The minimum Gasteiger partial charge on any atom is -0.307 e. The van der Waals surface area contributed by atoms with Gasteiger partial charge in [-0.2, -0.15) is 0 Å². The summed E-state index contributed by atoms with van der Waals surface area (Å²) in [6.07, 6.45) is 5.39. The third-order valence-corrected chi connectivity index (χ3v) is 3.93. The molecule has 0 aliphatic rings. The maximum Gasteiger partial charge on any atom is 0.145 e. The summed E-state index contributed by atoms with van der Waals surface area (Å²) in [4.78, 5) is 8.82. The number of aryl methyl sites for hydroxylation is 1. The van der Waals surface area contributed by atoms with Crippen LogP contribution in [0.2, 0.25) is 0 Å². The molecule has 3 nitrogen and oxygen atoms in total. The highest BCUT2D eigenvalue weighted by Gasteiger charge is 2.16. The maximum absolute atomic E-state index is 13.2. The van der Waals surface area contributed by atoms with Crippen LogP contribution in [-0.4, -0.2) is 16.5 Å². The molecular weight excluding hydrogens is 333 g/mol. The molecule has 112 valence electrons. The molecular formula is C16H19BrFN3. The average Bonchev–Trinajstić information content (AvgIpc) is 2.46. The summed E-state index contributed by atoms with van der Waals surface area (Å²) >= 11 is 3.42. The SMILES string of the molecule is CCCNC(Cc1ccc(F)cc1Br)c1ncc(C)cn1. The van der Waals surface area contributed by atoms with Gasteiger partial charge in [0.1, 0.15) is 11.6 Å². The van der Waals surface area contributed by atoms with E-state index >= 15 is 0 Å². The number of halogens is 2. The highest BCUT2D eigenvalue weighted by Crippen LogP contribution is 2.23. The minimum absolute atomic E-state index is 0.0207. The predicted octanol–water partition coefficient (Wildman–Crippen LogP) is 3.97. The molecule has 2 aromatic rings. The lowest BCUT2D eigenvalue weighted by molar-refractivity contribution is 0.503.